The predicted octanol–water partition coefficient (Wildman–Crippen LogP) is 2.40. The highest BCUT2D eigenvalue weighted by Gasteiger charge is 2.17. The summed E-state index contributed by atoms with van der Waals surface area (Å²) in [6.07, 6.45) is 0. The second-order valence-corrected chi connectivity index (χ2v) is 5.97. The second kappa shape index (κ2) is 5.42. The number of benzene rings is 2. The predicted molar refractivity (Wildman–Crippen MR) is 98.0 cm³/mol. The Balaban J connectivity index is 2.12. The highest BCUT2D eigenvalue weighted by atomic mass is 35.5. The number of fused-ring (bicyclic) bond motifs is 3. The van der Waals surface area contributed by atoms with Gasteiger partial charge in [-0.1, -0.05) is 11.6 Å². The van der Waals surface area contributed by atoms with Crippen molar-refractivity contribution in [2.24, 2.45) is 0 Å². The molecule has 2 aromatic carbocycles. The monoisotopic (exact) mass is 356 g/mol. The molecular formula is C17H13ClN4O3. The largest absolute Gasteiger partial charge is 0.497 e. The number of ether oxygens (including phenoxy) is 1. The van der Waals surface area contributed by atoms with Gasteiger partial charge in [-0.2, -0.15) is 0 Å². The van der Waals surface area contributed by atoms with Gasteiger partial charge in [0, 0.05) is 17.5 Å². The van der Waals surface area contributed by atoms with Crippen LogP contribution < -0.4 is 21.5 Å². The van der Waals surface area contributed by atoms with Crippen molar-refractivity contribution in [3.63, 3.8) is 0 Å². The van der Waals surface area contributed by atoms with Crippen LogP contribution in [0.3, 0.4) is 0 Å². The van der Waals surface area contributed by atoms with Crippen molar-refractivity contribution in [3.05, 3.63) is 62.0 Å². The first-order chi connectivity index (χ1) is 12.0. The Hall–Kier alpha value is -3.19. The summed E-state index contributed by atoms with van der Waals surface area (Å²) in [6, 6.07) is 9.56. The van der Waals surface area contributed by atoms with Gasteiger partial charge in [0.15, 0.2) is 5.43 Å². The lowest BCUT2D eigenvalue weighted by molar-refractivity contribution is 0.414. The number of pyridine rings is 1. The van der Waals surface area contributed by atoms with Crippen LogP contribution in [0.5, 0.6) is 5.75 Å². The van der Waals surface area contributed by atoms with Gasteiger partial charge in [-0.25, -0.2) is 4.68 Å². The second-order valence-electron chi connectivity index (χ2n) is 5.56. The zero-order valence-corrected chi connectivity index (χ0v) is 13.8. The maximum absolute atomic E-state index is 12.4. The molecule has 25 heavy (non-hydrogen) atoms. The Morgan fingerprint density at radius 1 is 1.16 bits per heavy atom. The van der Waals surface area contributed by atoms with Gasteiger partial charge in [0.05, 0.1) is 28.9 Å². The minimum Gasteiger partial charge on any atom is -0.497 e. The average molecular weight is 357 g/mol. The summed E-state index contributed by atoms with van der Waals surface area (Å²) < 4.78 is 6.75. The van der Waals surface area contributed by atoms with Crippen LogP contribution in [0.4, 0.5) is 5.82 Å². The number of methoxy groups -OCH3 is 1. The Kier molecular flexibility index (Phi) is 3.33. The van der Waals surface area contributed by atoms with E-state index in [-0.39, 0.29) is 16.8 Å². The SMILES string of the molecule is COc1ccc(Cl)c(-n2[nH]c3c(c2N)c(=O)[nH]c2cc(=O)ccc23)c1. The Bertz CT molecular complexity index is 1250. The van der Waals surface area contributed by atoms with Gasteiger partial charge in [0.1, 0.15) is 17.0 Å². The Morgan fingerprint density at radius 2 is 1.96 bits per heavy atom. The molecule has 0 aliphatic carbocycles. The van der Waals surface area contributed by atoms with E-state index in [0.717, 1.165) is 0 Å². The lowest BCUT2D eigenvalue weighted by atomic mass is 10.1. The number of halogens is 1. The number of H-pyrrole nitrogens is 2. The molecule has 0 aliphatic heterocycles. The molecular weight excluding hydrogens is 344 g/mol. The van der Waals surface area contributed by atoms with Crippen molar-refractivity contribution >= 4 is 39.2 Å². The molecule has 4 rings (SSSR count). The number of nitrogens with zero attached hydrogens (tertiary/aromatic N) is 1. The van der Waals surface area contributed by atoms with E-state index in [1.807, 2.05) is 0 Å². The van der Waals surface area contributed by atoms with Crippen molar-refractivity contribution in [2.45, 2.75) is 0 Å². The van der Waals surface area contributed by atoms with Gasteiger partial charge in [-0.05, 0) is 24.3 Å². The molecule has 0 atom stereocenters. The number of nitrogens with two attached hydrogens (primary N) is 1. The van der Waals surface area contributed by atoms with Gasteiger partial charge in [0.2, 0.25) is 0 Å². The van der Waals surface area contributed by atoms with Crippen LogP contribution in [0.15, 0.2) is 46.0 Å². The van der Waals surface area contributed by atoms with Gasteiger partial charge < -0.3 is 15.5 Å². The molecule has 4 aromatic rings. The molecule has 0 radical (unpaired) electrons. The van der Waals surface area contributed by atoms with E-state index in [1.54, 1.807) is 31.4 Å². The summed E-state index contributed by atoms with van der Waals surface area (Å²) in [7, 11) is 1.55. The maximum atomic E-state index is 12.4. The van der Waals surface area contributed by atoms with E-state index in [1.165, 1.54) is 16.8 Å². The fraction of sp³-hybridized carbons (Fsp3) is 0.0588. The zero-order valence-electron chi connectivity index (χ0n) is 13.1. The number of nitrogens with one attached hydrogen (secondary N) is 2. The molecule has 0 spiro atoms. The van der Waals surface area contributed by atoms with Crippen molar-refractivity contribution in [2.75, 3.05) is 12.8 Å². The van der Waals surface area contributed by atoms with E-state index in [9.17, 15) is 9.59 Å². The van der Waals surface area contributed by atoms with Crippen LogP contribution >= 0.6 is 11.6 Å². The van der Waals surface area contributed by atoms with E-state index in [0.29, 0.717) is 38.3 Å². The third-order valence-corrected chi connectivity index (χ3v) is 4.42. The van der Waals surface area contributed by atoms with Gasteiger partial charge >= 0.3 is 0 Å². The maximum Gasteiger partial charge on any atom is 0.261 e. The molecule has 0 aliphatic rings. The number of anilines is 1. The fourth-order valence-electron chi connectivity index (χ4n) is 2.90. The molecule has 0 unspecified atom stereocenters. The summed E-state index contributed by atoms with van der Waals surface area (Å²) in [6.45, 7) is 0. The Morgan fingerprint density at radius 3 is 2.72 bits per heavy atom. The molecule has 0 fully saturated rings. The van der Waals surface area contributed by atoms with Crippen LogP contribution in [-0.4, -0.2) is 21.9 Å². The quantitative estimate of drug-likeness (QED) is 0.512. The molecule has 0 bridgehead atoms. The molecule has 2 heterocycles. The molecule has 7 nitrogen and oxygen atoms in total. The standard InChI is InChI=1S/C17H13ClN4O3/c1-25-9-3-5-11(18)13(7-9)22-16(19)14-15(21-22)10-4-2-8(23)6-12(10)20-17(14)24/h2-7,21H,19H2,1H3,(H,20,24). The summed E-state index contributed by atoms with van der Waals surface area (Å²) in [5, 5.41) is 4.52. The van der Waals surface area contributed by atoms with E-state index >= 15 is 0 Å². The molecule has 0 saturated carbocycles. The summed E-state index contributed by atoms with van der Waals surface area (Å²) >= 11 is 6.29. The van der Waals surface area contributed by atoms with Gasteiger partial charge in [0.25, 0.3) is 5.56 Å². The lowest BCUT2D eigenvalue weighted by Crippen LogP contribution is -2.09. The number of hydrogen-bond acceptors (Lipinski definition) is 4. The number of aromatic amines is 2. The normalized spacial score (nSPS) is 11.3. The summed E-state index contributed by atoms with van der Waals surface area (Å²) in [5.74, 6) is 0.805. The minimum absolute atomic E-state index is 0.189. The third kappa shape index (κ3) is 2.28. The van der Waals surface area contributed by atoms with Crippen molar-refractivity contribution in [3.8, 4) is 11.4 Å². The first-order valence-electron chi connectivity index (χ1n) is 7.40. The van der Waals surface area contributed by atoms with Gasteiger partial charge in [-0.15, -0.1) is 0 Å². The van der Waals surface area contributed by atoms with E-state index < -0.39 is 0 Å². The van der Waals surface area contributed by atoms with Crippen LogP contribution in [0.1, 0.15) is 0 Å². The number of nitrogen functional groups attached to an aromatic ring is 1. The first-order valence-corrected chi connectivity index (χ1v) is 7.77. The highest BCUT2D eigenvalue weighted by Crippen LogP contribution is 2.31. The topological polar surface area (TPSA) is 106 Å². The van der Waals surface area contributed by atoms with Crippen molar-refractivity contribution in [1.82, 2.24) is 14.8 Å². The van der Waals surface area contributed by atoms with E-state index in [2.05, 4.69) is 10.1 Å². The van der Waals surface area contributed by atoms with E-state index in [4.69, 9.17) is 22.1 Å². The number of aromatic nitrogens is 3. The summed E-state index contributed by atoms with van der Waals surface area (Å²) in [4.78, 5) is 26.7. The minimum atomic E-state index is -0.389. The number of rotatable bonds is 2. The fourth-order valence-corrected chi connectivity index (χ4v) is 3.11. The highest BCUT2D eigenvalue weighted by molar-refractivity contribution is 6.32. The van der Waals surface area contributed by atoms with Crippen LogP contribution in [0, 0.1) is 0 Å². The molecule has 2 aromatic heterocycles. The molecule has 8 heteroatoms. The third-order valence-electron chi connectivity index (χ3n) is 4.10. The molecule has 0 amide bonds. The Labute approximate surface area is 145 Å². The number of hydrogen-bond donors (Lipinski definition) is 3. The average Bonchev–Trinajstić information content (AvgIpc) is 2.93. The van der Waals surface area contributed by atoms with Crippen molar-refractivity contribution < 1.29 is 4.74 Å². The lowest BCUT2D eigenvalue weighted by Gasteiger charge is -2.09. The molecule has 126 valence electrons. The van der Waals surface area contributed by atoms with Crippen LogP contribution in [0.2, 0.25) is 5.02 Å². The van der Waals surface area contributed by atoms with Crippen LogP contribution in [-0.2, 0) is 0 Å². The zero-order chi connectivity index (χ0) is 17.7. The molecule has 0 saturated heterocycles. The van der Waals surface area contributed by atoms with Gasteiger partial charge in [-0.3, -0.25) is 14.7 Å². The smallest absolute Gasteiger partial charge is 0.261 e. The first kappa shape index (κ1) is 15.3. The molecule has 4 N–H and O–H groups in total. The summed E-state index contributed by atoms with van der Waals surface area (Å²) in [5.41, 5.74) is 7.13. The van der Waals surface area contributed by atoms with Crippen LogP contribution in [0.25, 0.3) is 27.5 Å². The van der Waals surface area contributed by atoms with Crippen molar-refractivity contribution in [1.29, 1.82) is 0 Å².